The van der Waals surface area contributed by atoms with Gasteiger partial charge in [-0.2, -0.15) is 0 Å². The van der Waals surface area contributed by atoms with Crippen LogP contribution in [0.5, 0.6) is 0 Å². The number of esters is 4. The molecule has 0 bridgehead atoms. The van der Waals surface area contributed by atoms with Gasteiger partial charge in [-0.05, 0) is 93.5 Å². The SMILES string of the molecule is O=C(OC[C@H]1O[C@@H](/N=c2\ssc(=Nc3ccccc3)n2-c2ccccc2Cl)[C@H](OC(=O)c2ccccc2)[C@@H](OC(=O)c2ccccc2)[C@@H]1OC(=O)c1ccccc1)c1ccccc1. The summed E-state index contributed by atoms with van der Waals surface area (Å²) in [5, 5.41) is 0.388. The summed E-state index contributed by atoms with van der Waals surface area (Å²) in [6, 6.07) is 49.3. The van der Waals surface area contributed by atoms with Gasteiger partial charge in [0.2, 0.25) is 9.60 Å². The molecule has 1 saturated heterocycles. The van der Waals surface area contributed by atoms with Crippen molar-refractivity contribution in [3.05, 3.63) is 213 Å². The number of halogens is 1. The number of para-hydroxylation sites is 2. The number of nitrogens with zero attached hydrogens (tertiary/aromatic N) is 3. The monoisotopic (exact) mass is 897 g/mol. The third kappa shape index (κ3) is 10.4. The first kappa shape index (κ1) is 42.7. The molecule has 1 fully saturated rings. The lowest BCUT2D eigenvalue weighted by Crippen LogP contribution is -2.62. The van der Waals surface area contributed by atoms with E-state index in [0.29, 0.717) is 26.0 Å². The van der Waals surface area contributed by atoms with Crippen LogP contribution in [0, 0.1) is 0 Å². The Labute approximate surface area is 373 Å². The molecule has 0 aliphatic carbocycles. The Morgan fingerprint density at radius 1 is 0.524 bits per heavy atom. The second-order valence-electron chi connectivity index (χ2n) is 13.8. The van der Waals surface area contributed by atoms with Crippen LogP contribution >= 0.6 is 32.3 Å². The summed E-state index contributed by atoms with van der Waals surface area (Å²) in [4.78, 5) is 66.3. The minimum absolute atomic E-state index is 0.162. The van der Waals surface area contributed by atoms with Crippen molar-refractivity contribution in [3.63, 3.8) is 0 Å². The van der Waals surface area contributed by atoms with Crippen molar-refractivity contribution in [3.8, 4) is 5.69 Å². The molecule has 6 aromatic carbocycles. The third-order valence-corrected chi connectivity index (χ3v) is 12.0. The zero-order valence-corrected chi connectivity index (χ0v) is 35.4. The number of aromatic nitrogens is 1. The number of carbonyl (C=O) groups excluding carboxylic acids is 4. The normalized spacial score (nSPS) is 18.8. The van der Waals surface area contributed by atoms with Gasteiger partial charge in [-0.15, -0.1) is 0 Å². The van der Waals surface area contributed by atoms with E-state index in [2.05, 4.69) is 0 Å². The molecule has 1 aromatic heterocycles. The van der Waals surface area contributed by atoms with Crippen molar-refractivity contribution in [2.75, 3.05) is 6.61 Å². The fourth-order valence-electron chi connectivity index (χ4n) is 6.59. The lowest BCUT2D eigenvalue weighted by molar-refractivity contribution is -0.227. The van der Waals surface area contributed by atoms with Crippen LogP contribution in [-0.2, 0) is 23.7 Å². The zero-order chi connectivity index (χ0) is 43.5. The maximum atomic E-state index is 14.1. The minimum atomic E-state index is -1.59. The van der Waals surface area contributed by atoms with E-state index in [1.165, 1.54) is 20.7 Å². The van der Waals surface area contributed by atoms with Crippen LogP contribution in [-0.4, -0.2) is 65.7 Å². The van der Waals surface area contributed by atoms with Gasteiger partial charge in [0.25, 0.3) is 0 Å². The first-order chi connectivity index (χ1) is 30.8. The molecule has 63 heavy (non-hydrogen) atoms. The maximum Gasteiger partial charge on any atom is 0.338 e. The Hall–Kier alpha value is -6.97. The number of hydrogen-bond acceptors (Lipinski definition) is 13. The van der Waals surface area contributed by atoms with Crippen molar-refractivity contribution < 1.29 is 42.9 Å². The van der Waals surface area contributed by atoms with E-state index in [9.17, 15) is 19.2 Å². The zero-order valence-electron chi connectivity index (χ0n) is 33.0. The molecule has 1 aliphatic rings. The second-order valence-corrected chi connectivity index (χ2v) is 16.3. The van der Waals surface area contributed by atoms with E-state index in [-0.39, 0.29) is 22.3 Å². The van der Waals surface area contributed by atoms with Crippen LogP contribution < -0.4 is 9.60 Å². The Bertz CT molecular complexity index is 2820. The van der Waals surface area contributed by atoms with Crippen molar-refractivity contribution in [1.82, 2.24) is 4.57 Å². The Balaban J connectivity index is 1.30. The molecular weight excluding hydrogens is 862 g/mol. The highest BCUT2D eigenvalue weighted by molar-refractivity contribution is 7.67. The predicted octanol–water partition coefficient (Wildman–Crippen LogP) is 8.65. The first-order valence-corrected chi connectivity index (χ1v) is 22.1. The van der Waals surface area contributed by atoms with E-state index in [1.54, 1.807) is 144 Å². The standard InChI is InChI=1S/C48H36ClN3O9S2/c49-36-28-16-17-29-37(36)52-47(50-35-26-14-5-15-27-35)62-63-48(52)51-42-41(61-46(56)34-24-12-4-13-25-34)40(60-45(55)33-22-10-3-11-23-33)39(59-44(54)32-20-8-2-9-21-32)38(58-42)30-57-43(53)31-18-6-1-7-19-31/h1-29,38-42H,30H2/b50-47?,51-48-/t38-,39-,40+,41-,42-/m1/s1. The smallest absolute Gasteiger partial charge is 0.338 e. The van der Waals surface area contributed by atoms with E-state index in [1.807, 2.05) is 36.4 Å². The van der Waals surface area contributed by atoms with Crippen LogP contribution in [0.15, 0.2) is 186 Å². The lowest BCUT2D eigenvalue weighted by atomic mass is 9.97. The number of benzene rings is 6. The molecule has 12 nitrogen and oxygen atoms in total. The molecule has 2 heterocycles. The van der Waals surface area contributed by atoms with E-state index >= 15 is 0 Å². The highest BCUT2D eigenvalue weighted by Crippen LogP contribution is 2.32. The van der Waals surface area contributed by atoms with Gasteiger partial charge in [0.05, 0.1) is 38.7 Å². The molecule has 0 spiro atoms. The quantitative estimate of drug-likeness (QED) is 0.0669. The Morgan fingerprint density at radius 3 is 1.48 bits per heavy atom. The fraction of sp³-hybridized carbons (Fsp3) is 0.125. The number of rotatable bonds is 12. The second kappa shape index (κ2) is 20.3. The van der Waals surface area contributed by atoms with Gasteiger partial charge >= 0.3 is 23.9 Å². The van der Waals surface area contributed by atoms with Crippen molar-refractivity contribution in [2.45, 2.75) is 30.6 Å². The molecule has 8 rings (SSSR count). The van der Waals surface area contributed by atoms with Gasteiger partial charge in [0, 0.05) is 0 Å². The number of ether oxygens (including phenoxy) is 5. The van der Waals surface area contributed by atoms with Crippen molar-refractivity contribution in [1.29, 1.82) is 0 Å². The molecular formula is C48H36ClN3O9S2. The summed E-state index contributed by atoms with van der Waals surface area (Å²) >= 11 is 6.82. The third-order valence-electron chi connectivity index (χ3n) is 9.64. The highest BCUT2D eigenvalue weighted by atomic mass is 35.5. The molecule has 5 atom stereocenters. The minimum Gasteiger partial charge on any atom is -0.459 e. The summed E-state index contributed by atoms with van der Waals surface area (Å²) < 4.78 is 32.9. The molecule has 7 aromatic rings. The van der Waals surface area contributed by atoms with Gasteiger partial charge in [-0.3, -0.25) is 4.57 Å². The highest BCUT2D eigenvalue weighted by Gasteiger charge is 2.53. The van der Waals surface area contributed by atoms with E-state index in [0.717, 1.165) is 0 Å². The molecule has 0 N–H and O–H groups in total. The Kier molecular flexibility index (Phi) is 13.7. The average molecular weight is 898 g/mol. The van der Waals surface area contributed by atoms with Crippen LogP contribution in [0.25, 0.3) is 5.69 Å². The summed E-state index contributed by atoms with van der Waals surface area (Å²) in [5.41, 5.74) is 1.97. The summed E-state index contributed by atoms with van der Waals surface area (Å²) in [6.45, 7) is -0.503. The van der Waals surface area contributed by atoms with Crippen LogP contribution in [0.4, 0.5) is 5.69 Å². The van der Waals surface area contributed by atoms with Crippen molar-refractivity contribution >= 4 is 61.8 Å². The van der Waals surface area contributed by atoms with Crippen LogP contribution in [0.2, 0.25) is 5.02 Å². The largest absolute Gasteiger partial charge is 0.459 e. The van der Waals surface area contributed by atoms with E-state index < -0.39 is 61.1 Å². The lowest BCUT2D eigenvalue weighted by Gasteiger charge is -2.43. The molecule has 15 heteroatoms. The molecule has 0 saturated carbocycles. The number of carbonyl (C=O) groups is 4. The molecule has 0 unspecified atom stereocenters. The Morgan fingerprint density at radius 2 is 0.952 bits per heavy atom. The molecule has 0 amide bonds. The van der Waals surface area contributed by atoms with Crippen molar-refractivity contribution in [2.24, 2.45) is 9.98 Å². The summed E-state index contributed by atoms with van der Waals surface area (Å²) in [6.07, 6.45) is -7.51. The molecule has 0 radical (unpaired) electrons. The van der Waals surface area contributed by atoms with E-state index in [4.69, 9.17) is 45.3 Å². The van der Waals surface area contributed by atoms with Gasteiger partial charge in [0.1, 0.15) is 12.7 Å². The molecule has 1 aliphatic heterocycles. The number of hydrogen-bond donors (Lipinski definition) is 0. The predicted molar refractivity (Wildman–Crippen MR) is 236 cm³/mol. The average Bonchev–Trinajstić information content (AvgIpc) is 3.72. The van der Waals surface area contributed by atoms with Gasteiger partial charge < -0.3 is 23.7 Å². The van der Waals surface area contributed by atoms with Crippen LogP contribution in [0.1, 0.15) is 41.4 Å². The van der Waals surface area contributed by atoms with Gasteiger partial charge in [-0.25, -0.2) is 29.2 Å². The molecule has 316 valence electrons. The fourth-order valence-corrected chi connectivity index (χ4v) is 8.96. The maximum absolute atomic E-state index is 14.1. The van der Waals surface area contributed by atoms with Gasteiger partial charge in [0.15, 0.2) is 24.5 Å². The summed E-state index contributed by atoms with van der Waals surface area (Å²) in [5.74, 6) is -3.13. The summed E-state index contributed by atoms with van der Waals surface area (Å²) in [7, 11) is 2.54. The topological polar surface area (TPSA) is 144 Å². The first-order valence-electron chi connectivity index (χ1n) is 19.6. The van der Waals surface area contributed by atoms with Gasteiger partial charge in [-0.1, -0.05) is 115 Å². The van der Waals surface area contributed by atoms with Crippen LogP contribution in [0.3, 0.4) is 0 Å².